The van der Waals surface area contributed by atoms with E-state index in [0.29, 0.717) is 12.4 Å². The van der Waals surface area contributed by atoms with Gasteiger partial charge in [-0.05, 0) is 36.8 Å². The van der Waals surface area contributed by atoms with Crippen molar-refractivity contribution in [2.24, 2.45) is 0 Å². The van der Waals surface area contributed by atoms with Crippen molar-refractivity contribution in [2.45, 2.75) is 49.7 Å². The number of hydrogen-bond donors (Lipinski definition) is 1. The lowest BCUT2D eigenvalue weighted by Gasteiger charge is -2.40. The molecule has 0 saturated heterocycles. The number of carbonyl (C=O) groups is 3. The first-order valence-electron chi connectivity index (χ1n) is 13.3. The van der Waals surface area contributed by atoms with Crippen LogP contribution < -0.4 is 15.1 Å². The Bertz CT molecular complexity index is 1590. The van der Waals surface area contributed by atoms with Crippen molar-refractivity contribution in [2.75, 3.05) is 16.8 Å². The lowest BCUT2D eigenvalue weighted by molar-refractivity contribution is -0.133. The van der Waals surface area contributed by atoms with E-state index in [1.807, 2.05) is 6.07 Å². The van der Waals surface area contributed by atoms with Crippen molar-refractivity contribution in [1.82, 2.24) is 10.3 Å². The second-order valence-corrected chi connectivity index (χ2v) is 11.0. The molecule has 1 fully saturated rings. The minimum absolute atomic E-state index is 0.0119. The number of hydrogen-bond acceptors (Lipinski definition) is 6. The Hall–Kier alpha value is -4.21. The molecule has 1 heterocycles. The maximum absolute atomic E-state index is 14.6. The van der Waals surface area contributed by atoms with Gasteiger partial charge in [-0.25, -0.2) is 22.5 Å². The normalized spacial score (nSPS) is 15.3. The number of rotatable bonds is 11. The summed E-state index contributed by atoms with van der Waals surface area (Å²) in [5.74, 6) is -6.87. The van der Waals surface area contributed by atoms with Crippen LogP contribution in [0.15, 0.2) is 54.7 Å². The number of halogens is 6. The van der Waals surface area contributed by atoms with E-state index in [1.54, 1.807) is 0 Å². The summed E-state index contributed by atoms with van der Waals surface area (Å²) >= 11 is 12.7. The number of nitriles is 1. The zero-order valence-corrected chi connectivity index (χ0v) is 24.6. The highest BCUT2D eigenvalue weighted by Gasteiger charge is 2.48. The van der Waals surface area contributed by atoms with E-state index in [0.717, 1.165) is 17.0 Å². The minimum atomic E-state index is -2.99. The Morgan fingerprint density at radius 2 is 1.84 bits per heavy atom. The summed E-state index contributed by atoms with van der Waals surface area (Å²) in [7, 11) is 1.46. The van der Waals surface area contributed by atoms with Crippen molar-refractivity contribution in [3.05, 3.63) is 87.5 Å². The predicted octanol–water partition coefficient (Wildman–Crippen LogP) is 6.01. The fraction of sp³-hybridized carbons (Fsp3) is 0.300. The van der Waals surface area contributed by atoms with Gasteiger partial charge in [-0.3, -0.25) is 14.5 Å². The number of pyridine rings is 1. The third-order valence-corrected chi connectivity index (χ3v) is 7.96. The molecule has 0 radical (unpaired) electrons. The predicted molar refractivity (Wildman–Crippen MR) is 156 cm³/mol. The first kappa shape index (κ1) is 32.7. The lowest BCUT2D eigenvalue weighted by atomic mass is 9.87. The van der Waals surface area contributed by atoms with Crippen molar-refractivity contribution in [3.8, 4) is 6.07 Å². The molecule has 230 valence electrons. The van der Waals surface area contributed by atoms with Gasteiger partial charge in [-0.1, -0.05) is 35.3 Å². The Morgan fingerprint density at radius 3 is 2.45 bits per heavy atom. The number of anilines is 2. The molecule has 1 saturated carbocycles. The SMILES string of the molecule is CN(c1cc(C#N)ccn1)C(CCC=O)C(=O)N(c1cc(F)cc(F)c1)C(C(=O)NC1CC(F)(F)C1)c1cccc(Cl)c1Cl. The number of aromatic nitrogens is 1. The number of carbonyl (C=O) groups excluding carboxylic acids is 3. The maximum atomic E-state index is 14.6. The van der Waals surface area contributed by atoms with E-state index in [1.165, 1.54) is 48.5 Å². The monoisotopic (exact) mass is 649 g/mol. The molecule has 14 heteroatoms. The summed E-state index contributed by atoms with van der Waals surface area (Å²) in [6, 6.07) is 7.22. The van der Waals surface area contributed by atoms with E-state index in [4.69, 9.17) is 23.2 Å². The van der Waals surface area contributed by atoms with Crippen LogP contribution in [0.1, 0.15) is 42.9 Å². The van der Waals surface area contributed by atoms with E-state index >= 15 is 0 Å². The molecule has 8 nitrogen and oxygen atoms in total. The average Bonchev–Trinajstić information content (AvgIpc) is 2.96. The van der Waals surface area contributed by atoms with Crippen LogP contribution >= 0.6 is 23.2 Å². The zero-order chi connectivity index (χ0) is 32.2. The summed E-state index contributed by atoms with van der Waals surface area (Å²) < 4.78 is 56.6. The number of amides is 2. The van der Waals surface area contributed by atoms with Gasteiger partial charge in [-0.2, -0.15) is 5.26 Å². The fourth-order valence-electron chi connectivity index (χ4n) is 4.96. The lowest BCUT2D eigenvalue weighted by Crippen LogP contribution is -2.56. The van der Waals surface area contributed by atoms with Crippen molar-refractivity contribution >= 4 is 52.8 Å². The first-order chi connectivity index (χ1) is 20.8. The van der Waals surface area contributed by atoms with Gasteiger partial charge < -0.3 is 15.0 Å². The Labute approximate surface area is 260 Å². The van der Waals surface area contributed by atoms with Gasteiger partial charge in [0, 0.05) is 50.2 Å². The maximum Gasteiger partial charge on any atom is 0.252 e. The van der Waals surface area contributed by atoms with Gasteiger partial charge in [0.15, 0.2) is 0 Å². The third kappa shape index (κ3) is 7.29. The minimum Gasteiger partial charge on any atom is -0.351 e. The molecule has 1 aromatic heterocycles. The molecule has 0 bridgehead atoms. The highest BCUT2D eigenvalue weighted by Crippen LogP contribution is 2.40. The molecule has 2 atom stereocenters. The van der Waals surface area contributed by atoms with E-state index in [2.05, 4.69) is 10.3 Å². The molecule has 1 N–H and O–H groups in total. The second-order valence-electron chi connectivity index (χ2n) is 10.2. The summed E-state index contributed by atoms with van der Waals surface area (Å²) in [6.07, 6.45) is 0.315. The highest BCUT2D eigenvalue weighted by atomic mass is 35.5. The molecule has 1 aliphatic carbocycles. The summed E-state index contributed by atoms with van der Waals surface area (Å²) in [5.41, 5.74) is -0.235. The number of nitrogens with zero attached hydrogens (tertiary/aromatic N) is 4. The summed E-state index contributed by atoms with van der Waals surface area (Å²) in [5, 5.41) is 11.7. The van der Waals surface area contributed by atoms with Crippen LogP contribution in [0.2, 0.25) is 10.0 Å². The van der Waals surface area contributed by atoms with Crippen LogP contribution in [0.25, 0.3) is 0 Å². The first-order valence-corrected chi connectivity index (χ1v) is 14.0. The molecule has 4 rings (SSSR count). The van der Waals surface area contributed by atoms with Crippen molar-refractivity contribution < 1.29 is 31.9 Å². The van der Waals surface area contributed by atoms with E-state index in [9.17, 15) is 37.2 Å². The van der Waals surface area contributed by atoms with Gasteiger partial charge in [0.1, 0.15) is 35.8 Å². The smallest absolute Gasteiger partial charge is 0.252 e. The molecule has 1 aliphatic rings. The third-order valence-electron chi connectivity index (χ3n) is 7.13. The van der Waals surface area contributed by atoms with Gasteiger partial charge in [0.2, 0.25) is 5.91 Å². The van der Waals surface area contributed by atoms with Gasteiger partial charge in [-0.15, -0.1) is 0 Å². The van der Waals surface area contributed by atoms with Crippen LogP contribution in [0.5, 0.6) is 0 Å². The molecule has 2 aromatic carbocycles. The standard InChI is InChI=1S/C30H25Cl2F4N5O3/c1-40(25-10-17(16-37)7-8-38-25)24(6-3-9-42)29(44)41(21-12-18(33)11-19(34)13-21)27(22-4-2-5-23(31)26(22)32)28(43)39-20-14-30(35,36)15-20/h2,4-5,7-13,20,24,27H,3,6,14-15H2,1H3,(H,39,43). The van der Waals surface area contributed by atoms with E-state index < -0.39 is 66.0 Å². The summed E-state index contributed by atoms with van der Waals surface area (Å²) in [6.45, 7) is 0. The topological polar surface area (TPSA) is 106 Å². The number of benzene rings is 2. The average molecular weight is 650 g/mol. The van der Waals surface area contributed by atoms with Gasteiger partial charge >= 0.3 is 0 Å². The zero-order valence-electron chi connectivity index (χ0n) is 23.1. The van der Waals surface area contributed by atoms with Crippen LogP contribution in [0.3, 0.4) is 0 Å². The Morgan fingerprint density at radius 1 is 1.16 bits per heavy atom. The van der Waals surface area contributed by atoms with Gasteiger partial charge in [0.25, 0.3) is 11.8 Å². The van der Waals surface area contributed by atoms with Gasteiger partial charge in [0.05, 0.1) is 27.4 Å². The van der Waals surface area contributed by atoms with Crippen molar-refractivity contribution in [1.29, 1.82) is 5.26 Å². The Balaban J connectivity index is 1.90. The molecule has 0 spiro atoms. The molecule has 44 heavy (non-hydrogen) atoms. The quantitative estimate of drug-likeness (QED) is 0.201. The van der Waals surface area contributed by atoms with Crippen LogP contribution in [-0.2, 0) is 14.4 Å². The number of likely N-dealkylation sites (N-methyl/N-ethyl adjacent to an activating group) is 1. The number of alkyl halides is 2. The van der Waals surface area contributed by atoms with Crippen LogP contribution in [0, 0.1) is 23.0 Å². The highest BCUT2D eigenvalue weighted by molar-refractivity contribution is 6.42. The molecule has 2 amide bonds. The Kier molecular flexibility index (Phi) is 10.1. The second kappa shape index (κ2) is 13.6. The largest absolute Gasteiger partial charge is 0.351 e. The number of nitrogens with one attached hydrogen (secondary N) is 1. The molecular weight excluding hydrogens is 625 g/mol. The molecule has 3 aromatic rings. The van der Waals surface area contributed by atoms with Crippen molar-refractivity contribution in [3.63, 3.8) is 0 Å². The van der Waals surface area contributed by atoms with Crippen LogP contribution in [-0.4, -0.2) is 48.1 Å². The molecule has 0 aliphatic heterocycles. The fourth-order valence-corrected chi connectivity index (χ4v) is 5.38. The number of aldehydes is 1. The molecular formula is C30H25Cl2F4N5O3. The van der Waals surface area contributed by atoms with E-state index in [-0.39, 0.29) is 39.8 Å². The molecule has 2 unspecified atom stereocenters. The summed E-state index contributed by atoms with van der Waals surface area (Å²) in [4.78, 5) is 46.3. The van der Waals surface area contributed by atoms with Crippen LogP contribution in [0.4, 0.5) is 29.1 Å².